The molecule has 45 heavy (non-hydrogen) atoms. The zero-order valence-corrected chi connectivity index (χ0v) is 29.7. The first-order valence-corrected chi connectivity index (χ1v) is 18.4. The standard InChI is InChI=1S/C39H61NO5/c1-26(41)45-31-13-14-37(6)30(34(31,2)3)12-15-39(8)32(37)29(42)24-27-28-25-36(5,17-16-35(28,4)18-19-38(27,39)7)33(43)44-23-22-40-20-10-9-11-21-40/h24,28,30-32H,9-23,25H2,1-8H3/p+1/t28-,30-,31+,32-,35-,36+,37+,38+,39-/m1/s1. The Hall–Kier alpha value is -1.69. The lowest BCUT2D eigenvalue weighted by Gasteiger charge is -2.70. The summed E-state index contributed by atoms with van der Waals surface area (Å²) in [6.07, 6.45) is 14.6. The average molecular weight is 625 g/mol. The van der Waals surface area contributed by atoms with Gasteiger partial charge in [-0.25, -0.2) is 0 Å². The van der Waals surface area contributed by atoms with Crippen LogP contribution in [-0.4, -0.2) is 50.1 Å². The third-order valence-electron chi connectivity index (χ3n) is 15.6. The van der Waals surface area contributed by atoms with Crippen molar-refractivity contribution in [3.05, 3.63) is 11.6 Å². The van der Waals surface area contributed by atoms with Gasteiger partial charge in [-0.2, -0.15) is 0 Å². The van der Waals surface area contributed by atoms with Crippen molar-refractivity contribution < 1.29 is 28.8 Å². The van der Waals surface area contributed by atoms with Crippen LogP contribution in [0.15, 0.2) is 11.6 Å². The molecule has 1 heterocycles. The number of carbonyl (C=O) groups is 3. The molecular formula is C39H62NO5+. The van der Waals surface area contributed by atoms with Crippen LogP contribution >= 0.6 is 0 Å². The molecule has 0 amide bonds. The maximum atomic E-state index is 14.7. The number of hydrogen-bond donors (Lipinski definition) is 1. The van der Waals surface area contributed by atoms with E-state index in [1.54, 1.807) is 4.90 Å². The molecule has 0 unspecified atom stereocenters. The van der Waals surface area contributed by atoms with Crippen LogP contribution in [-0.2, 0) is 23.9 Å². The quantitative estimate of drug-likeness (QED) is 0.353. The highest BCUT2D eigenvalue weighted by Crippen LogP contribution is 2.75. The highest BCUT2D eigenvalue weighted by Gasteiger charge is 2.70. The summed E-state index contributed by atoms with van der Waals surface area (Å²) >= 11 is 0. The molecular weight excluding hydrogens is 562 g/mol. The number of ether oxygens (including phenoxy) is 2. The lowest BCUT2D eigenvalue weighted by molar-refractivity contribution is -0.905. The van der Waals surface area contributed by atoms with Crippen molar-refractivity contribution in [2.75, 3.05) is 26.2 Å². The fraction of sp³-hybridized carbons (Fsp3) is 0.872. The number of nitrogens with one attached hydrogen (secondary N) is 1. The van der Waals surface area contributed by atoms with Crippen molar-refractivity contribution in [1.82, 2.24) is 0 Å². The largest absolute Gasteiger partial charge is 0.462 e. The number of fused-ring (bicyclic) bond motifs is 7. The van der Waals surface area contributed by atoms with Crippen molar-refractivity contribution in [3.8, 4) is 0 Å². The number of ketones is 1. The molecule has 1 saturated heterocycles. The number of carbonyl (C=O) groups excluding carboxylic acids is 3. The van der Waals surface area contributed by atoms with Crippen molar-refractivity contribution in [2.24, 2.45) is 50.2 Å². The normalized spacial score (nSPS) is 46.0. The van der Waals surface area contributed by atoms with Crippen molar-refractivity contribution >= 4 is 17.7 Å². The predicted molar refractivity (Wildman–Crippen MR) is 175 cm³/mol. The van der Waals surface area contributed by atoms with Crippen LogP contribution in [0.4, 0.5) is 0 Å². The van der Waals surface area contributed by atoms with Crippen LogP contribution in [0, 0.1) is 50.2 Å². The minimum Gasteiger partial charge on any atom is -0.462 e. The van der Waals surface area contributed by atoms with Crippen LogP contribution in [0.25, 0.3) is 0 Å². The third-order valence-corrected chi connectivity index (χ3v) is 15.6. The fourth-order valence-electron chi connectivity index (χ4n) is 12.5. The van der Waals surface area contributed by atoms with Crippen LogP contribution in [0.3, 0.4) is 0 Å². The van der Waals surface area contributed by atoms with E-state index in [0.29, 0.717) is 18.3 Å². The molecule has 0 spiro atoms. The van der Waals surface area contributed by atoms with Gasteiger partial charge < -0.3 is 14.4 Å². The van der Waals surface area contributed by atoms with Gasteiger partial charge in [0.15, 0.2) is 5.78 Å². The van der Waals surface area contributed by atoms with Gasteiger partial charge in [0.1, 0.15) is 19.3 Å². The molecule has 1 aliphatic heterocycles. The van der Waals surface area contributed by atoms with E-state index in [2.05, 4.69) is 54.5 Å². The van der Waals surface area contributed by atoms with E-state index in [1.807, 2.05) is 0 Å². The van der Waals surface area contributed by atoms with Gasteiger partial charge in [-0.15, -0.1) is 0 Å². The van der Waals surface area contributed by atoms with E-state index >= 15 is 0 Å². The number of hydrogen-bond acceptors (Lipinski definition) is 5. The molecule has 6 heteroatoms. The number of allylic oxidation sites excluding steroid dienone is 2. The molecule has 4 saturated carbocycles. The van der Waals surface area contributed by atoms with Crippen molar-refractivity contribution in [1.29, 1.82) is 0 Å². The summed E-state index contributed by atoms with van der Waals surface area (Å²) in [5, 5.41) is 0. The van der Waals surface area contributed by atoms with Crippen LogP contribution in [0.5, 0.6) is 0 Å². The van der Waals surface area contributed by atoms with Crippen molar-refractivity contribution in [3.63, 3.8) is 0 Å². The highest BCUT2D eigenvalue weighted by atomic mass is 16.5. The van der Waals surface area contributed by atoms with E-state index in [1.165, 1.54) is 44.8 Å². The first-order valence-electron chi connectivity index (χ1n) is 18.4. The summed E-state index contributed by atoms with van der Waals surface area (Å²) in [7, 11) is 0. The summed E-state index contributed by atoms with van der Waals surface area (Å²) in [5.41, 5.74) is 0.388. The lowest BCUT2D eigenvalue weighted by Crippen LogP contribution is -3.13. The van der Waals surface area contributed by atoms with Gasteiger partial charge >= 0.3 is 11.9 Å². The molecule has 0 bridgehead atoms. The minimum absolute atomic E-state index is 0.0279. The summed E-state index contributed by atoms with van der Waals surface area (Å²) in [6.45, 7) is 21.7. The van der Waals surface area contributed by atoms with Gasteiger partial charge in [0, 0.05) is 18.3 Å². The zero-order valence-electron chi connectivity index (χ0n) is 29.7. The van der Waals surface area contributed by atoms with E-state index < -0.39 is 5.41 Å². The fourth-order valence-corrected chi connectivity index (χ4v) is 12.5. The smallest absolute Gasteiger partial charge is 0.312 e. The molecule has 0 aromatic heterocycles. The second-order valence-corrected chi connectivity index (χ2v) is 18.4. The van der Waals surface area contributed by atoms with Crippen LogP contribution in [0.1, 0.15) is 132 Å². The topological polar surface area (TPSA) is 74.1 Å². The Balaban J connectivity index is 1.27. The predicted octanol–water partition coefficient (Wildman–Crippen LogP) is 6.51. The molecule has 0 aromatic rings. The summed E-state index contributed by atoms with van der Waals surface area (Å²) in [5.74, 6) is 0.567. The maximum absolute atomic E-state index is 14.7. The molecule has 6 rings (SSSR count). The summed E-state index contributed by atoms with van der Waals surface area (Å²) in [6, 6.07) is 0. The second kappa shape index (κ2) is 11.2. The van der Waals surface area contributed by atoms with Gasteiger partial charge in [-0.1, -0.05) is 47.1 Å². The van der Waals surface area contributed by atoms with E-state index in [0.717, 1.165) is 64.3 Å². The molecule has 6 aliphatic rings. The zero-order chi connectivity index (χ0) is 32.6. The minimum atomic E-state index is -0.510. The Kier molecular flexibility index (Phi) is 8.26. The second-order valence-electron chi connectivity index (χ2n) is 18.4. The van der Waals surface area contributed by atoms with Gasteiger partial charge in [0.2, 0.25) is 0 Å². The number of piperidine rings is 1. The molecule has 6 nitrogen and oxygen atoms in total. The Morgan fingerprint density at radius 3 is 2.27 bits per heavy atom. The molecule has 0 radical (unpaired) electrons. The monoisotopic (exact) mass is 624 g/mol. The molecule has 0 aromatic carbocycles. The van der Waals surface area contributed by atoms with E-state index in [-0.39, 0.29) is 57.0 Å². The Bertz CT molecular complexity index is 1250. The summed E-state index contributed by atoms with van der Waals surface area (Å²) < 4.78 is 11.9. The maximum Gasteiger partial charge on any atom is 0.312 e. The van der Waals surface area contributed by atoms with Gasteiger partial charge in [-0.3, -0.25) is 14.4 Å². The highest BCUT2D eigenvalue weighted by molar-refractivity contribution is 5.95. The van der Waals surface area contributed by atoms with Crippen LogP contribution < -0.4 is 4.90 Å². The number of quaternary nitrogens is 1. The Morgan fingerprint density at radius 1 is 0.889 bits per heavy atom. The van der Waals surface area contributed by atoms with Gasteiger partial charge in [0.25, 0.3) is 0 Å². The Morgan fingerprint density at radius 2 is 1.58 bits per heavy atom. The van der Waals surface area contributed by atoms with Crippen molar-refractivity contribution in [2.45, 2.75) is 139 Å². The number of rotatable bonds is 5. The van der Waals surface area contributed by atoms with E-state index in [9.17, 15) is 14.4 Å². The van der Waals surface area contributed by atoms with Gasteiger partial charge in [0.05, 0.1) is 18.5 Å². The molecule has 5 aliphatic carbocycles. The molecule has 1 N–H and O–H groups in total. The summed E-state index contributed by atoms with van der Waals surface area (Å²) in [4.78, 5) is 42.0. The number of likely N-dealkylation sites (tertiary alicyclic amines) is 1. The van der Waals surface area contributed by atoms with E-state index in [4.69, 9.17) is 9.47 Å². The van der Waals surface area contributed by atoms with Gasteiger partial charge in [-0.05, 0) is 124 Å². The first kappa shape index (κ1) is 33.2. The molecule has 5 fully saturated rings. The SMILES string of the molecule is CC(=O)O[C@H]1CC[C@@]2(C)[C@H](CC[C@]3(C)[C@@H]2C(=O)C=C2[C@H]4C[C@@](C)(C(=O)OCC[NH+]5CCCCC5)CC[C@]4(C)CC[C@@]23C)C1(C)C. The Labute approximate surface area is 272 Å². The third kappa shape index (κ3) is 5.08. The van der Waals surface area contributed by atoms with Crippen LogP contribution in [0.2, 0.25) is 0 Å². The first-order chi connectivity index (χ1) is 21.0. The molecule has 252 valence electrons. The lowest BCUT2D eigenvalue weighted by atomic mass is 9.33. The molecule has 9 atom stereocenters. The number of esters is 2. The average Bonchev–Trinajstić information content (AvgIpc) is 2.97.